The number of ketones is 2. The summed E-state index contributed by atoms with van der Waals surface area (Å²) in [5.41, 5.74) is 3.07. The van der Waals surface area contributed by atoms with Crippen LogP contribution in [0.5, 0.6) is 0 Å². The number of benzene rings is 2. The number of rotatable bonds is 4. The molecule has 27 heavy (non-hydrogen) atoms. The maximum atomic E-state index is 11.3. The van der Waals surface area contributed by atoms with E-state index in [2.05, 4.69) is 31.9 Å². The van der Waals surface area contributed by atoms with Crippen LogP contribution in [0.4, 0.5) is 0 Å². The molecule has 3 rings (SSSR count). The van der Waals surface area contributed by atoms with E-state index in [0.29, 0.717) is 41.6 Å². The Morgan fingerprint density at radius 3 is 2.37 bits per heavy atom. The van der Waals surface area contributed by atoms with Crippen LogP contribution in [0.25, 0.3) is 0 Å². The van der Waals surface area contributed by atoms with Crippen LogP contribution in [0.2, 0.25) is 10.0 Å². The molecule has 0 atom stereocenters. The number of hydrogen-bond donors (Lipinski definition) is 0. The fraction of sp³-hybridized carbons (Fsp3) is 0.300. The fourth-order valence-electron chi connectivity index (χ4n) is 2.71. The largest absolute Gasteiger partial charge is 0.299 e. The van der Waals surface area contributed by atoms with Crippen LogP contribution in [-0.2, 0) is 28.9 Å². The van der Waals surface area contributed by atoms with E-state index in [1.807, 2.05) is 24.3 Å². The van der Waals surface area contributed by atoms with E-state index in [4.69, 9.17) is 34.8 Å². The third-order valence-corrected chi connectivity index (χ3v) is 5.90. The predicted octanol–water partition coefficient (Wildman–Crippen LogP) is 7.00. The van der Waals surface area contributed by atoms with Crippen LogP contribution in [0.15, 0.2) is 39.3 Å². The Bertz CT molecular complexity index is 853. The molecule has 0 spiro atoms. The summed E-state index contributed by atoms with van der Waals surface area (Å²) in [6, 6.07) is 9.39. The van der Waals surface area contributed by atoms with Gasteiger partial charge in [-0.1, -0.05) is 61.1 Å². The molecule has 0 fully saturated rings. The van der Waals surface area contributed by atoms with Gasteiger partial charge in [0.05, 0.1) is 0 Å². The van der Waals surface area contributed by atoms with Gasteiger partial charge < -0.3 is 0 Å². The van der Waals surface area contributed by atoms with Gasteiger partial charge in [0, 0.05) is 50.6 Å². The summed E-state index contributed by atoms with van der Waals surface area (Å²) in [6.45, 7) is 0. The standard InChI is InChI=1S/C10H9BrCl2O.C10H8BrClO/c11-8-2-1-7(10(13)6-8)5-9(14)3-4-12;11-7-3-6-1-2-8(13)5-9(6)10(12)4-7/h1-2,6H,3-5H2;3-4H,1-2,5H2. The number of halogens is 5. The van der Waals surface area contributed by atoms with Crippen LogP contribution in [0.1, 0.15) is 29.5 Å². The zero-order chi connectivity index (χ0) is 20.0. The fourth-order valence-corrected chi connectivity index (χ4v) is 4.60. The van der Waals surface area contributed by atoms with Crippen molar-refractivity contribution in [2.75, 3.05) is 5.88 Å². The molecule has 0 saturated heterocycles. The Balaban J connectivity index is 0.000000194. The molecule has 0 amide bonds. The van der Waals surface area contributed by atoms with E-state index in [-0.39, 0.29) is 11.6 Å². The zero-order valence-electron chi connectivity index (χ0n) is 14.3. The van der Waals surface area contributed by atoms with Crippen molar-refractivity contribution in [3.8, 4) is 0 Å². The molecular formula is C20H17Br2Cl3O2. The average Bonchev–Trinajstić information content (AvgIpc) is 2.59. The van der Waals surface area contributed by atoms with Crippen LogP contribution in [-0.4, -0.2) is 17.4 Å². The highest BCUT2D eigenvalue weighted by atomic mass is 79.9. The third kappa shape index (κ3) is 7.17. The smallest absolute Gasteiger partial charge is 0.138 e. The quantitative estimate of drug-likeness (QED) is 0.381. The van der Waals surface area contributed by atoms with Gasteiger partial charge in [-0.15, -0.1) is 11.6 Å². The Hall–Kier alpha value is -0.390. The zero-order valence-corrected chi connectivity index (χ0v) is 19.8. The van der Waals surface area contributed by atoms with Crippen LogP contribution in [0, 0.1) is 0 Å². The number of aryl methyl sites for hydroxylation is 1. The molecule has 1 aliphatic carbocycles. The minimum atomic E-state index is 0.115. The Kier molecular flexibility index (Phi) is 9.30. The maximum Gasteiger partial charge on any atom is 0.138 e. The lowest BCUT2D eigenvalue weighted by molar-refractivity contribution is -0.119. The molecule has 0 saturated carbocycles. The number of carbonyl (C=O) groups is 2. The van der Waals surface area contributed by atoms with Gasteiger partial charge in [-0.25, -0.2) is 0 Å². The van der Waals surface area contributed by atoms with Gasteiger partial charge in [-0.05, 0) is 47.4 Å². The second-order valence-electron chi connectivity index (χ2n) is 6.13. The van der Waals surface area contributed by atoms with Crippen molar-refractivity contribution in [3.05, 3.63) is 66.0 Å². The topological polar surface area (TPSA) is 34.1 Å². The summed E-state index contributed by atoms with van der Waals surface area (Å²) in [4.78, 5) is 22.5. The Morgan fingerprint density at radius 1 is 1.00 bits per heavy atom. The first-order chi connectivity index (χ1) is 12.8. The summed E-state index contributed by atoms with van der Waals surface area (Å²) < 4.78 is 1.90. The Labute approximate surface area is 190 Å². The minimum Gasteiger partial charge on any atom is -0.299 e. The van der Waals surface area contributed by atoms with Crippen LogP contribution < -0.4 is 0 Å². The monoisotopic (exact) mass is 552 g/mol. The second kappa shape index (κ2) is 11.0. The number of fused-ring (bicyclic) bond motifs is 1. The van der Waals surface area contributed by atoms with E-state index >= 15 is 0 Å². The minimum absolute atomic E-state index is 0.115. The number of Topliss-reactive ketones (excluding diaryl/α,β-unsaturated/α-hetero) is 2. The van der Waals surface area contributed by atoms with E-state index in [1.165, 1.54) is 5.56 Å². The van der Waals surface area contributed by atoms with Gasteiger partial charge in [0.15, 0.2) is 0 Å². The van der Waals surface area contributed by atoms with E-state index in [9.17, 15) is 9.59 Å². The first-order valence-electron chi connectivity index (χ1n) is 8.30. The molecule has 2 nitrogen and oxygen atoms in total. The summed E-state index contributed by atoms with van der Waals surface area (Å²) >= 11 is 24.1. The van der Waals surface area contributed by atoms with Gasteiger partial charge in [-0.2, -0.15) is 0 Å². The normalized spacial score (nSPS) is 12.9. The highest BCUT2D eigenvalue weighted by molar-refractivity contribution is 9.10. The van der Waals surface area contributed by atoms with Gasteiger partial charge in [0.25, 0.3) is 0 Å². The molecule has 2 aromatic rings. The lowest BCUT2D eigenvalue weighted by Gasteiger charge is -2.16. The van der Waals surface area contributed by atoms with Crippen LogP contribution >= 0.6 is 66.7 Å². The van der Waals surface area contributed by atoms with Gasteiger partial charge in [-0.3, -0.25) is 9.59 Å². The molecule has 2 aromatic carbocycles. The first-order valence-corrected chi connectivity index (χ1v) is 11.2. The average molecular weight is 556 g/mol. The summed E-state index contributed by atoms with van der Waals surface area (Å²) in [7, 11) is 0. The van der Waals surface area contributed by atoms with Crippen molar-refractivity contribution < 1.29 is 9.59 Å². The van der Waals surface area contributed by atoms with E-state index in [0.717, 1.165) is 26.5 Å². The number of hydrogen-bond acceptors (Lipinski definition) is 2. The number of carbonyl (C=O) groups excluding carboxylic acids is 2. The Morgan fingerprint density at radius 2 is 1.70 bits per heavy atom. The third-order valence-electron chi connectivity index (χ3n) is 4.08. The molecule has 7 heteroatoms. The van der Waals surface area contributed by atoms with Crippen molar-refractivity contribution in [1.82, 2.24) is 0 Å². The molecule has 0 unspecified atom stereocenters. The van der Waals surface area contributed by atoms with Crippen molar-refractivity contribution >= 4 is 78.2 Å². The predicted molar refractivity (Wildman–Crippen MR) is 119 cm³/mol. The molecule has 144 valence electrons. The lowest BCUT2D eigenvalue weighted by atomic mass is 9.91. The molecular weight excluding hydrogens is 538 g/mol. The van der Waals surface area contributed by atoms with Crippen molar-refractivity contribution in [2.24, 2.45) is 0 Å². The molecule has 0 heterocycles. The van der Waals surface area contributed by atoms with Gasteiger partial charge >= 0.3 is 0 Å². The SMILES string of the molecule is O=C(CCCl)Cc1ccc(Br)cc1Cl.O=C1CCc2cc(Br)cc(Cl)c2C1. The highest BCUT2D eigenvalue weighted by Gasteiger charge is 2.18. The van der Waals surface area contributed by atoms with Crippen molar-refractivity contribution in [1.29, 1.82) is 0 Å². The van der Waals surface area contributed by atoms with Gasteiger partial charge in [0.2, 0.25) is 0 Å². The van der Waals surface area contributed by atoms with Gasteiger partial charge in [0.1, 0.15) is 11.6 Å². The molecule has 0 N–H and O–H groups in total. The highest BCUT2D eigenvalue weighted by Crippen LogP contribution is 2.30. The maximum absolute atomic E-state index is 11.3. The van der Waals surface area contributed by atoms with Crippen LogP contribution in [0.3, 0.4) is 0 Å². The second-order valence-corrected chi connectivity index (χ2v) is 9.15. The molecule has 0 bridgehead atoms. The first kappa shape index (κ1) is 22.9. The summed E-state index contributed by atoms with van der Waals surface area (Å²) in [6.07, 6.45) is 2.74. The molecule has 0 aromatic heterocycles. The molecule has 0 radical (unpaired) electrons. The van der Waals surface area contributed by atoms with Crippen molar-refractivity contribution in [3.63, 3.8) is 0 Å². The molecule has 1 aliphatic rings. The van der Waals surface area contributed by atoms with E-state index < -0.39 is 0 Å². The summed E-state index contributed by atoms with van der Waals surface area (Å²) in [5, 5.41) is 1.32. The molecule has 0 aliphatic heterocycles. The summed E-state index contributed by atoms with van der Waals surface area (Å²) in [5.74, 6) is 0.772. The van der Waals surface area contributed by atoms with E-state index in [1.54, 1.807) is 6.07 Å². The lowest BCUT2D eigenvalue weighted by Crippen LogP contribution is -2.13. The van der Waals surface area contributed by atoms with Crippen molar-refractivity contribution in [2.45, 2.75) is 32.1 Å². The number of alkyl halides is 1.